The van der Waals surface area contributed by atoms with E-state index in [1.165, 1.54) is 44.1 Å². The lowest BCUT2D eigenvalue weighted by molar-refractivity contribution is -0.101. The van der Waals surface area contributed by atoms with Crippen molar-refractivity contribution in [2.24, 2.45) is 36.0 Å². The van der Waals surface area contributed by atoms with Crippen LogP contribution in [0, 0.1) is 23.2 Å². The van der Waals surface area contributed by atoms with E-state index in [4.69, 9.17) is 5.73 Å². The smallest absolute Gasteiger partial charge is 0.0540 e. The van der Waals surface area contributed by atoms with Gasteiger partial charge < -0.3 is 5.73 Å². The predicted octanol–water partition coefficient (Wildman–Crippen LogP) is 3.20. The number of rotatable bonds is 3. The zero-order valence-electron chi connectivity index (χ0n) is 12.8. The van der Waals surface area contributed by atoms with Crippen LogP contribution in [0.25, 0.3) is 0 Å². The summed E-state index contributed by atoms with van der Waals surface area (Å²) in [6.45, 7) is 2.27. The van der Waals surface area contributed by atoms with Gasteiger partial charge in [-0.1, -0.05) is 6.92 Å². The van der Waals surface area contributed by atoms with E-state index in [-0.39, 0.29) is 5.54 Å². The molecule has 4 saturated carbocycles. The van der Waals surface area contributed by atoms with E-state index in [2.05, 4.69) is 18.2 Å². The van der Waals surface area contributed by atoms with Gasteiger partial charge in [0.05, 0.1) is 6.20 Å². The molecule has 4 fully saturated rings. The summed E-state index contributed by atoms with van der Waals surface area (Å²) in [5, 5.41) is 4.39. The molecule has 3 nitrogen and oxygen atoms in total. The van der Waals surface area contributed by atoms with Crippen molar-refractivity contribution in [2.75, 3.05) is 0 Å². The molecule has 0 aliphatic heterocycles. The average Bonchev–Trinajstić information content (AvgIpc) is 2.83. The van der Waals surface area contributed by atoms with Gasteiger partial charge in [0.1, 0.15) is 0 Å². The highest BCUT2D eigenvalue weighted by Gasteiger charge is 2.59. The summed E-state index contributed by atoms with van der Waals surface area (Å²) in [4.78, 5) is 0. The Morgan fingerprint density at radius 1 is 1.25 bits per heavy atom. The molecule has 0 radical (unpaired) electrons. The highest BCUT2D eigenvalue weighted by molar-refractivity contribution is 5.25. The van der Waals surface area contributed by atoms with Gasteiger partial charge >= 0.3 is 0 Å². The van der Waals surface area contributed by atoms with E-state index in [0.29, 0.717) is 5.41 Å². The van der Waals surface area contributed by atoms with Gasteiger partial charge in [-0.3, -0.25) is 4.68 Å². The minimum Gasteiger partial charge on any atom is -0.321 e. The monoisotopic (exact) mass is 273 g/mol. The molecule has 110 valence electrons. The molecule has 0 aromatic carbocycles. The quantitative estimate of drug-likeness (QED) is 0.919. The fraction of sp³-hybridized carbons (Fsp3) is 0.824. The molecular formula is C17H27N3. The molecule has 4 aliphatic carbocycles. The molecule has 0 saturated heterocycles. The van der Waals surface area contributed by atoms with Crippen LogP contribution in [-0.2, 0) is 12.6 Å². The van der Waals surface area contributed by atoms with Gasteiger partial charge in [-0.2, -0.15) is 5.10 Å². The van der Waals surface area contributed by atoms with Crippen LogP contribution in [0.5, 0.6) is 0 Å². The second-order valence-corrected chi connectivity index (χ2v) is 7.93. The third kappa shape index (κ3) is 1.59. The number of hydrogen-bond donors (Lipinski definition) is 1. The van der Waals surface area contributed by atoms with Crippen molar-refractivity contribution >= 4 is 0 Å². The Balaban J connectivity index is 1.77. The molecule has 1 aromatic rings. The summed E-state index contributed by atoms with van der Waals surface area (Å²) < 4.78 is 1.91. The van der Waals surface area contributed by atoms with Crippen LogP contribution in [0.4, 0.5) is 0 Å². The summed E-state index contributed by atoms with van der Waals surface area (Å²) in [6.07, 6.45) is 13.7. The number of hydrogen-bond acceptors (Lipinski definition) is 2. The highest BCUT2D eigenvalue weighted by atomic mass is 15.2. The van der Waals surface area contributed by atoms with E-state index < -0.39 is 0 Å². The minimum absolute atomic E-state index is 0.169. The van der Waals surface area contributed by atoms with Crippen LogP contribution >= 0.6 is 0 Å². The molecule has 4 bridgehead atoms. The molecule has 3 heteroatoms. The Kier molecular flexibility index (Phi) is 2.64. The third-order valence-electron chi connectivity index (χ3n) is 6.76. The first-order chi connectivity index (χ1) is 9.54. The summed E-state index contributed by atoms with van der Waals surface area (Å²) in [7, 11) is 2.00. The lowest BCUT2D eigenvalue weighted by Crippen LogP contribution is -2.60. The SMILES string of the molecule is CCC(N)(c1cnn(C)c1)C12CC3CC(CC(C3)C1)C2. The predicted molar refractivity (Wildman–Crippen MR) is 80.0 cm³/mol. The first kappa shape index (κ1) is 12.9. The summed E-state index contributed by atoms with van der Waals surface area (Å²) >= 11 is 0. The third-order valence-corrected chi connectivity index (χ3v) is 6.76. The van der Waals surface area contributed by atoms with Gasteiger partial charge in [0.25, 0.3) is 0 Å². The summed E-state index contributed by atoms with van der Waals surface area (Å²) in [6, 6.07) is 0. The van der Waals surface area contributed by atoms with Gasteiger partial charge in [-0.05, 0) is 68.1 Å². The molecule has 4 aliphatic rings. The van der Waals surface area contributed by atoms with Gasteiger partial charge in [0.2, 0.25) is 0 Å². The largest absolute Gasteiger partial charge is 0.321 e. The Morgan fingerprint density at radius 3 is 2.20 bits per heavy atom. The summed E-state index contributed by atoms with van der Waals surface area (Å²) in [5.41, 5.74) is 8.52. The fourth-order valence-corrected chi connectivity index (χ4v) is 6.19. The van der Waals surface area contributed by atoms with Crippen molar-refractivity contribution < 1.29 is 0 Å². The van der Waals surface area contributed by atoms with Gasteiger partial charge in [-0.15, -0.1) is 0 Å². The Hall–Kier alpha value is -0.830. The van der Waals surface area contributed by atoms with E-state index >= 15 is 0 Å². The standard InChI is InChI=1S/C17H27N3/c1-3-17(18,15-10-19-20(2)11-15)16-7-12-4-13(8-16)6-14(5-12)9-16/h10-14H,3-9,18H2,1-2H3. The maximum atomic E-state index is 7.08. The van der Waals surface area contributed by atoms with Crippen LogP contribution in [0.3, 0.4) is 0 Å². The molecule has 1 atom stereocenters. The fourth-order valence-electron chi connectivity index (χ4n) is 6.19. The van der Waals surface area contributed by atoms with E-state index in [1.807, 2.05) is 17.9 Å². The van der Waals surface area contributed by atoms with Crippen LogP contribution in [0.1, 0.15) is 57.4 Å². The van der Waals surface area contributed by atoms with Crippen LogP contribution < -0.4 is 5.73 Å². The molecule has 1 unspecified atom stereocenters. The second-order valence-electron chi connectivity index (χ2n) is 7.93. The normalized spacial score (nSPS) is 41.9. The zero-order chi connectivity index (χ0) is 14.0. The van der Waals surface area contributed by atoms with E-state index in [1.54, 1.807) is 0 Å². The first-order valence-corrected chi connectivity index (χ1v) is 8.33. The molecular weight excluding hydrogens is 246 g/mol. The Labute approximate surface area is 121 Å². The maximum Gasteiger partial charge on any atom is 0.0540 e. The van der Waals surface area contributed by atoms with Crippen LogP contribution in [0.15, 0.2) is 12.4 Å². The van der Waals surface area contributed by atoms with E-state index in [9.17, 15) is 0 Å². The summed E-state index contributed by atoms with van der Waals surface area (Å²) in [5.74, 6) is 2.85. The van der Waals surface area contributed by atoms with Crippen molar-refractivity contribution in [1.82, 2.24) is 9.78 Å². The Bertz CT molecular complexity index is 483. The lowest BCUT2D eigenvalue weighted by atomic mass is 9.43. The molecule has 0 amide bonds. The Morgan fingerprint density at radius 2 is 1.80 bits per heavy atom. The minimum atomic E-state index is -0.169. The topological polar surface area (TPSA) is 43.8 Å². The van der Waals surface area contributed by atoms with Crippen molar-refractivity contribution in [1.29, 1.82) is 0 Å². The molecule has 0 spiro atoms. The molecule has 5 rings (SSSR count). The van der Waals surface area contributed by atoms with Gasteiger partial charge in [-0.25, -0.2) is 0 Å². The van der Waals surface area contributed by atoms with Gasteiger partial charge in [0, 0.05) is 24.3 Å². The van der Waals surface area contributed by atoms with Crippen molar-refractivity contribution in [3.63, 3.8) is 0 Å². The highest BCUT2D eigenvalue weighted by Crippen LogP contribution is 2.65. The van der Waals surface area contributed by atoms with E-state index in [0.717, 1.165) is 24.2 Å². The van der Waals surface area contributed by atoms with Crippen LogP contribution in [-0.4, -0.2) is 9.78 Å². The number of nitrogens with two attached hydrogens (primary N) is 1. The molecule has 20 heavy (non-hydrogen) atoms. The van der Waals surface area contributed by atoms with Gasteiger partial charge in [0.15, 0.2) is 0 Å². The number of aromatic nitrogens is 2. The lowest BCUT2D eigenvalue weighted by Gasteiger charge is -2.62. The second kappa shape index (κ2) is 4.09. The zero-order valence-corrected chi connectivity index (χ0v) is 12.8. The number of aryl methyl sites for hydroxylation is 1. The van der Waals surface area contributed by atoms with Crippen LogP contribution in [0.2, 0.25) is 0 Å². The van der Waals surface area contributed by atoms with Crippen molar-refractivity contribution in [3.05, 3.63) is 18.0 Å². The van der Waals surface area contributed by atoms with Crippen molar-refractivity contribution in [3.8, 4) is 0 Å². The molecule has 1 heterocycles. The molecule has 1 aromatic heterocycles. The van der Waals surface area contributed by atoms with Crippen molar-refractivity contribution in [2.45, 2.75) is 57.4 Å². The molecule has 2 N–H and O–H groups in total. The maximum absolute atomic E-state index is 7.08. The number of nitrogens with zero attached hydrogens (tertiary/aromatic N) is 2. The average molecular weight is 273 g/mol. The first-order valence-electron chi connectivity index (χ1n) is 8.33.